The Hall–Kier alpha value is -1.84. The van der Waals surface area contributed by atoms with Crippen molar-refractivity contribution in [2.75, 3.05) is 13.1 Å². The quantitative estimate of drug-likeness (QED) is 0.821. The summed E-state index contributed by atoms with van der Waals surface area (Å²) in [6, 6.07) is 4.04. The van der Waals surface area contributed by atoms with E-state index in [1.54, 1.807) is 0 Å². The van der Waals surface area contributed by atoms with Crippen LogP contribution >= 0.6 is 0 Å². The zero-order valence-electron chi connectivity index (χ0n) is 14.3. The third-order valence-electron chi connectivity index (χ3n) is 3.58. The molecule has 2 aromatic heterocycles. The second kappa shape index (κ2) is 6.95. The van der Waals surface area contributed by atoms with Crippen LogP contribution in [-0.2, 0) is 11.2 Å². The second-order valence-electron chi connectivity index (χ2n) is 6.92. The van der Waals surface area contributed by atoms with Gasteiger partial charge < -0.3 is 9.30 Å². The predicted molar refractivity (Wildman–Crippen MR) is 89.9 cm³/mol. The van der Waals surface area contributed by atoms with Crippen molar-refractivity contribution >= 4 is 11.6 Å². The molecule has 0 N–H and O–H groups in total. The van der Waals surface area contributed by atoms with Crippen LogP contribution in [0, 0.1) is 18.8 Å². The van der Waals surface area contributed by atoms with Gasteiger partial charge in [0.15, 0.2) is 0 Å². The molecule has 0 fully saturated rings. The van der Waals surface area contributed by atoms with Crippen LogP contribution in [0.3, 0.4) is 0 Å². The van der Waals surface area contributed by atoms with E-state index >= 15 is 0 Å². The van der Waals surface area contributed by atoms with E-state index in [4.69, 9.17) is 0 Å². The number of hydrogen-bond donors (Lipinski definition) is 0. The Bertz CT molecular complexity index is 633. The van der Waals surface area contributed by atoms with Gasteiger partial charge in [0, 0.05) is 25.5 Å². The SMILES string of the molecule is Cc1cccn2cc(CC(=O)N(CC(C)C)CC(C)C)nc12. The fraction of sp³-hybridized carbons (Fsp3) is 0.556. The van der Waals surface area contributed by atoms with Gasteiger partial charge in [-0.2, -0.15) is 0 Å². The van der Waals surface area contributed by atoms with Crippen molar-refractivity contribution < 1.29 is 4.79 Å². The summed E-state index contributed by atoms with van der Waals surface area (Å²) in [5.74, 6) is 1.13. The first kappa shape index (κ1) is 16.5. The molecule has 0 atom stereocenters. The topological polar surface area (TPSA) is 37.6 Å². The fourth-order valence-electron chi connectivity index (χ4n) is 2.72. The van der Waals surface area contributed by atoms with Gasteiger partial charge >= 0.3 is 0 Å². The average molecular weight is 301 g/mol. The minimum Gasteiger partial charge on any atom is -0.342 e. The molecule has 4 nitrogen and oxygen atoms in total. The van der Waals surface area contributed by atoms with Crippen molar-refractivity contribution in [3.05, 3.63) is 35.8 Å². The van der Waals surface area contributed by atoms with Crippen molar-refractivity contribution in [3.8, 4) is 0 Å². The Morgan fingerprint density at radius 1 is 1.23 bits per heavy atom. The number of carbonyl (C=O) groups is 1. The van der Waals surface area contributed by atoms with Crippen molar-refractivity contribution in [1.82, 2.24) is 14.3 Å². The Balaban J connectivity index is 2.14. The molecule has 0 unspecified atom stereocenters. The van der Waals surface area contributed by atoms with Gasteiger partial charge in [0.1, 0.15) is 5.65 Å². The molecule has 2 rings (SSSR count). The average Bonchev–Trinajstić information content (AvgIpc) is 2.80. The standard InChI is InChI=1S/C18H27N3O/c1-13(2)10-21(11-14(3)4)17(22)9-16-12-20-8-6-7-15(5)18(20)19-16/h6-8,12-14H,9-11H2,1-5H3. The van der Waals surface area contributed by atoms with Gasteiger partial charge in [-0.25, -0.2) is 4.98 Å². The van der Waals surface area contributed by atoms with E-state index in [1.807, 2.05) is 40.8 Å². The van der Waals surface area contributed by atoms with Gasteiger partial charge in [0.25, 0.3) is 0 Å². The molecule has 120 valence electrons. The maximum atomic E-state index is 12.6. The highest BCUT2D eigenvalue weighted by molar-refractivity contribution is 5.78. The molecule has 0 aliphatic rings. The Kier molecular flexibility index (Phi) is 5.22. The van der Waals surface area contributed by atoms with Gasteiger partial charge in [-0.3, -0.25) is 4.79 Å². The third kappa shape index (κ3) is 4.09. The number of rotatable bonds is 6. The van der Waals surface area contributed by atoms with Crippen LogP contribution in [0.4, 0.5) is 0 Å². The lowest BCUT2D eigenvalue weighted by atomic mass is 10.1. The smallest absolute Gasteiger partial charge is 0.228 e. The summed E-state index contributed by atoms with van der Waals surface area (Å²) < 4.78 is 1.99. The molecular weight excluding hydrogens is 274 g/mol. The predicted octanol–water partition coefficient (Wildman–Crippen LogP) is 3.33. The first-order valence-corrected chi connectivity index (χ1v) is 8.07. The molecule has 0 radical (unpaired) electrons. The van der Waals surface area contributed by atoms with Crippen LogP contribution in [0.5, 0.6) is 0 Å². The van der Waals surface area contributed by atoms with Gasteiger partial charge in [0.2, 0.25) is 5.91 Å². The number of aryl methyl sites for hydroxylation is 1. The van der Waals surface area contributed by atoms with Crippen molar-refractivity contribution in [2.45, 2.75) is 41.0 Å². The van der Waals surface area contributed by atoms with E-state index in [0.717, 1.165) is 30.0 Å². The van der Waals surface area contributed by atoms with E-state index < -0.39 is 0 Å². The summed E-state index contributed by atoms with van der Waals surface area (Å²) in [4.78, 5) is 19.2. The molecule has 0 aliphatic heterocycles. The molecule has 0 bridgehead atoms. The van der Waals surface area contributed by atoms with Crippen LogP contribution < -0.4 is 0 Å². The summed E-state index contributed by atoms with van der Waals surface area (Å²) in [7, 11) is 0. The molecule has 0 spiro atoms. The maximum Gasteiger partial charge on any atom is 0.228 e. The minimum atomic E-state index is 0.170. The lowest BCUT2D eigenvalue weighted by molar-refractivity contribution is -0.131. The molecular formula is C18H27N3O. The van der Waals surface area contributed by atoms with Crippen LogP contribution in [0.2, 0.25) is 0 Å². The molecule has 2 aromatic rings. The summed E-state index contributed by atoms with van der Waals surface area (Å²) in [6.07, 6.45) is 4.31. The van der Waals surface area contributed by atoms with Crippen LogP contribution in [0.25, 0.3) is 5.65 Å². The summed E-state index contributed by atoms with van der Waals surface area (Å²) in [5.41, 5.74) is 2.91. The first-order valence-electron chi connectivity index (χ1n) is 8.07. The summed E-state index contributed by atoms with van der Waals surface area (Å²) in [6.45, 7) is 12.2. The second-order valence-corrected chi connectivity index (χ2v) is 6.92. The number of fused-ring (bicyclic) bond motifs is 1. The number of imidazole rings is 1. The number of carbonyl (C=O) groups excluding carboxylic acids is 1. The third-order valence-corrected chi connectivity index (χ3v) is 3.58. The van der Waals surface area contributed by atoms with E-state index in [2.05, 4.69) is 32.7 Å². The molecule has 0 saturated heterocycles. The Morgan fingerprint density at radius 2 is 1.86 bits per heavy atom. The van der Waals surface area contributed by atoms with Crippen molar-refractivity contribution in [3.63, 3.8) is 0 Å². The highest BCUT2D eigenvalue weighted by Gasteiger charge is 2.18. The highest BCUT2D eigenvalue weighted by Crippen LogP contribution is 2.12. The fourth-order valence-corrected chi connectivity index (χ4v) is 2.72. The lowest BCUT2D eigenvalue weighted by Gasteiger charge is -2.26. The number of amides is 1. The molecule has 4 heteroatoms. The van der Waals surface area contributed by atoms with E-state index in [1.165, 1.54) is 0 Å². The molecule has 0 aromatic carbocycles. The highest BCUT2D eigenvalue weighted by atomic mass is 16.2. The van der Waals surface area contributed by atoms with E-state index in [9.17, 15) is 4.79 Å². The molecule has 22 heavy (non-hydrogen) atoms. The Labute approximate surface area is 133 Å². The maximum absolute atomic E-state index is 12.6. The largest absolute Gasteiger partial charge is 0.342 e. The number of nitrogens with zero attached hydrogens (tertiary/aromatic N) is 3. The molecule has 1 amide bonds. The van der Waals surface area contributed by atoms with Crippen LogP contribution in [-0.4, -0.2) is 33.3 Å². The van der Waals surface area contributed by atoms with Gasteiger partial charge in [-0.05, 0) is 30.4 Å². The number of hydrogen-bond acceptors (Lipinski definition) is 2. The minimum absolute atomic E-state index is 0.170. The Morgan fingerprint density at radius 3 is 2.41 bits per heavy atom. The monoisotopic (exact) mass is 301 g/mol. The number of pyridine rings is 1. The normalized spacial score (nSPS) is 11.6. The van der Waals surface area contributed by atoms with Gasteiger partial charge in [-0.1, -0.05) is 33.8 Å². The van der Waals surface area contributed by atoms with Crippen LogP contribution in [0.15, 0.2) is 24.5 Å². The van der Waals surface area contributed by atoms with Crippen molar-refractivity contribution in [1.29, 1.82) is 0 Å². The van der Waals surface area contributed by atoms with Gasteiger partial charge in [0.05, 0.1) is 12.1 Å². The molecule has 2 heterocycles. The molecule has 0 aliphatic carbocycles. The summed E-state index contributed by atoms with van der Waals surface area (Å²) >= 11 is 0. The lowest BCUT2D eigenvalue weighted by Crippen LogP contribution is -2.38. The first-order chi connectivity index (χ1) is 10.4. The van der Waals surface area contributed by atoms with Crippen molar-refractivity contribution in [2.24, 2.45) is 11.8 Å². The number of aromatic nitrogens is 2. The zero-order valence-corrected chi connectivity index (χ0v) is 14.3. The zero-order chi connectivity index (χ0) is 16.3. The van der Waals surface area contributed by atoms with Gasteiger partial charge in [-0.15, -0.1) is 0 Å². The van der Waals surface area contributed by atoms with E-state index in [-0.39, 0.29) is 5.91 Å². The summed E-state index contributed by atoms with van der Waals surface area (Å²) in [5, 5.41) is 0. The molecule has 0 saturated carbocycles. The van der Waals surface area contributed by atoms with Crippen LogP contribution in [0.1, 0.15) is 39.0 Å². The van der Waals surface area contributed by atoms with E-state index in [0.29, 0.717) is 18.3 Å².